The summed E-state index contributed by atoms with van der Waals surface area (Å²) < 4.78 is 12.6. The molecule has 4 rings (SSSR count). The molecule has 0 unspecified atom stereocenters. The average molecular weight is 482 g/mol. The lowest BCUT2D eigenvalue weighted by atomic mass is 10.1. The molecule has 1 amide bonds. The smallest absolute Gasteiger partial charge is 0.272 e. The molecule has 33 heavy (non-hydrogen) atoms. The molecule has 2 aromatic carbocycles. The predicted octanol–water partition coefficient (Wildman–Crippen LogP) is 6.05. The first-order chi connectivity index (χ1) is 15.8. The molecule has 2 heterocycles. The van der Waals surface area contributed by atoms with Crippen molar-refractivity contribution in [3.63, 3.8) is 0 Å². The molecule has 6 nitrogen and oxygen atoms in total. The lowest BCUT2D eigenvalue weighted by molar-refractivity contribution is -0.131. The van der Waals surface area contributed by atoms with E-state index in [0.717, 1.165) is 21.5 Å². The van der Waals surface area contributed by atoms with E-state index in [1.807, 2.05) is 37.3 Å². The summed E-state index contributed by atoms with van der Waals surface area (Å²) in [6, 6.07) is 16.4. The normalized spacial score (nSPS) is 11.4. The minimum atomic E-state index is -1.17. The van der Waals surface area contributed by atoms with Gasteiger partial charge in [0.25, 0.3) is 5.91 Å². The summed E-state index contributed by atoms with van der Waals surface area (Å²) in [5.74, 6) is 0.983. The van der Waals surface area contributed by atoms with Gasteiger partial charge in [-0.2, -0.15) is 0 Å². The SMILES string of the molecule is COc1ccc(C)c2sc(N(Cc3ccccn3)C(=O)C(C)(C)Oc3ccc(Cl)cc3)nc12. The Hall–Kier alpha value is -3.16. The van der Waals surface area contributed by atoms with Crippen LogP contribution < -0.4 is 14.4 Å². The molecule has 0 spiro atoms. The fourth-order valence-corrected chi connectivity index (χ4v) is 4.60. The van der Waals surface area contributed by atoms with Crippen LogP contribution in [0.1, 0.15) is 25.1 Å². The largest absolute Gasteiger partial charge is 0.494 e. The molecule has 0 atom stereocenters. The Morgan fingerprint density at radius 3 is 2.55 bits per heavy atom. The topological polar surface area (TPSA) is 64.5 Å². The molecule has 2 aromatic heterocycles. The molecule has 0 aliphatic heterocycles. The van der Waals surface area contributed by atoms with E-state index in [2.05, 4.69) is 4.98 Å². The van der Waals surface area contributed by atoms with E-state index in [-0.39, 0.29) is 12.5 Å². The highest BCUT2D eigenvalue weighted by molar-refractivity contribution is 7.22. The molecule has 0 radical (unpaired) electrons. The maximum Gasteiger partial charge on any atom is 0.272 e. The number of nitrogens with zero attached hydrogens (tertiary/aromatic N) is 3. The molecule has 170 valence electrons. The van der Waals surface area contributed by atoms with Gasteiger partial charge in [0.05, 0.1) is 24.0 Å². The Morgan fingerprint density at radius 1 is 1.12 bits per heavy atom. The summed E-state index contributed by atoms with van der Waals surface area (Å²) in [4.78, 5) is 24.7. The second kappa shape index (κ2) is 9.37. The van der Waals surface area contributed by atoms with Gasteiger partial charge in [0, 0.05) is 11.2 Å². The summed E-state index contributed by atoms with van der Waals surface area (Å²) in [5, 5.41) is 1.16. The van der Waals surface area contributed by atoms with Crippen LogP contribution in [0, 0.1) is 6.92 Å². The average Bonchev–Trinajstić information content (AvgIpc) is 3.25. The Balaban J connectivity index is 1.75. The number of methoxy groups -OCH3 is 1. The summed E-state index contributed by atoms with van der Waals surface area (Å²) in [6.45, 7) is 5.76. The van der Waals surface area contributed by atoms with Crippen molar-refractivity contribution in [2.45, 2.75) is 32.9 Å². The molecule has 8 heteroatoms. The highest BCUT2D eigenvalue weighted by Crippen LogP contribution is 2.38. The molecule has 0 bridgehead atoms. The van der Waals surface area contributed by atoms with Crippen LogP contribution in [0.4, 0.5) is 5.13 Å². The number of hydrogen-bond acceptors (Lipinski definition) is 6. The molecule has 0 saturated heterocycles. The van der Waals surface area contributed by atoms with Crippen molar-refractivity contribution in [2.24, 2.45) is 0 Å². The first-order valence-corrected chi connectivity index (χ1v) is 11.6. The second-order valence-corrected chi connectivity index (χ2v) is 9.45. The monoisotopic (exact) mass is 481 g/mol. The number of carbonyl (C=O) groups is 1. The zero-order valence-electron chi connectivity index (χ0n) is 18.8. The summed E-state index contributed by atoms with van der Waals surface area (Å²) >= 11 is 7.43. The highest BCUT2D eigenvalue weighted by atomic mass is 35.5. The van der Waals surface area contributed by atoms with Crippen LogP contribution in [0.25, 0.3) is 10.2 Å². The number of amides is 1. The number of aryl methyl sites for hydroxylation is 1. The van der Waals surface area contributed by atoms with Crippen molar-refractivity contribution in [3.8, 4) is 11.5 Å². The van der Waals surface area contributed by atoms with E-state index in [4.69, 9.17) is 26.1 Å². The van der Waals surface area contributed by atoms with Crippen molar-refractivity contribution >= 4 is 44.2 Å². The van der Waals surface area contributed by atoms with Gasteiger partial charge in [-0.3, -0.25) is 14.7 Å². The molecule has 4 aromatic rings. The van der Waals surface area contributed by atoms with Crippen LogP contribution in [0.2, 0.25) is 5.02 Å². The number of pyridine rings is 1. The Kier molecular flexibility index (Phi) is 6.54. The highest BCUT2D eigenvalue weighted by Gasteiger charge is 2.37. The van der Waals surface area contributed by atoms with Crippen LogP contribution in [-0.4, -0.2) is 28.6 Å². The Labute approximate surface area is 201 Å². The Bertz CT molecular complexity index is 1270. The third-order valence-corrected chi connectivity index (χ3v) is 6.60. The standard InChI is InChI=1S/C25H24ClN3O3S/c1-16-8-13-20(31-4)21-22(16)33-24(28-21)29(15-18-7-5-6-14-27-18)23(30)25(2,3)32-19-11-9-17(26)10-12-19/h5-14H,15H2,1-4H3. The van der Waals surface area contributed by atoms with E-state index in [1.54, 1.807) is 56.3 Å². The van der Waals surface area contributed by atoms with Crippen LogP contribution in [0.3, 0.4) is 0 Å². The quantitative estimate of drug-likeness (QED) is 0.321. The number of halogens is 1. The molecular weight excluding hydrogens is 458 g/mol. The van der Waals surface area contributed by atoms with Crippen molar-refractivity contribution in [3.05, 3.63) is 77.1 Å². The van der Waals surface area contributed by atoms with E-state index in [0.29, 0.717) is 21.7 Å². The van der Waals surface area contributed by atoms with Crippen molar-refractivity contribution in [1.82, 2.24) is 9.97 Å². The number of anilines is 1. The number of benzene rings is 2. The van der Waals surface area contributed by atoms with Gasteiger partial charge in [0.15, 0.2) is 10.7 Å². The summed E-state index contributed by atoms with van der Waals surface area (Å²) in [7, 11) is 1.61. The molecule has 0 saturated carbocycles. The van der Waals surface area contributed by atoms with E-state index < -0.39 is 5.60 Å². The maximum absolute atomic E-state index is 13.8. The van der Waals surface area contributed by atoms with Gasteiger partial charge in [0.1, 0.15) is 17.0 Å². The van der Waals surface area contributed by atoms with Crippen molar-refractivity contribution in [1.29, 1.82) is 0 Å². The molecule has 0 aliphatic rings. The van der Waals surface area contributed by atoms with E-state index in [9.17, 15) is 4.79 Å². The minimum Gasteiger partial charge on any atom is -0.494 e. The minimum absolute atomic E-state index is 0.237. The third-order valence-electron chi connectivity index (χ3n) is 5.14. The number of rotatable bonds is 7. The summed E-state index contributed by atoms with van der Waals surface area (Å²) in [5.41, 5.74) is 1.37. The van der Waals surface area contributed by atoms with E-state index >= 15 is 0 Å². The van der Waals surface area contributed by atoms with Gasteiger partial charge >= 0.3 is 0 Å². The lowest BCUT2D eigenvalue weighted by Crippen LogP contribution is -2.49. The Morgan fingerprint density at radius 2 is 1.88 bits per heavy atom. The lowest BCUT2D eigenvalue weighted by Gasteiger charge is -2.31. The van der Waals surface area contributed by atoms with Gasteiger partial charge in [-0.25, -0.2) is 4.98 Å². The molecule has 0 N–H and O–H groups in total. The first-order valence-electron chi connectivity index (χ1n) is 10.4. The molecule has 0 aliphatic carbocycles. The number of thiazole rings is 1. The third kappa shape index (κ3) is 4.94. The zero-order chi connectivity index (χ0) is 23.6. The number of aromatic nitrogens is 2. The fraction of sp³-hybridized carbons (Fsp3) is 0.240. The van der Waals surface area contributed by atoms with Crippen LogP contribution >= 0.6 is 22.9 Å². The van der Waals surface area contributed by atoms with Crippen LogP contribution in [0.5, 0.6) is 11.5 Å². The van der Waals surface area contributed by atoms with Gasteiger partial charge in [0.2, 0.25) is 0 Å². The van der Waals surface area contributed by atoms with Gasteiger partial charge in [-0.05, 0) is 68.8 Å². The second-order valence-electron chi connectivity index (χ2n) is 8.04. The molecule has 0 fully saturated rings. The number of fused-ring (bicyclic) bond motifs is 1. The summed E-state index contributed by atoms with van der Waals surface area (Å²) in [6.07, 6.45) is 1.71. The van der Waals surface area contributed by atoms with Crippen LogP contribution in [-0.2, 0) is 11.3 Å². The van der Waals surface area contributed by atoms with E-state index in [1.165, 1.54) is 11.3 Å². The maximum atomic E-state index is 13.8. The van der Waals surface area contributed by atoms with Gasteiger partial charge < -0.3 is 9.47 Å². The predicted molar refractivity (Wildman–Crippen MR) is 132 cm³/mol. The number of hydrogen-bond donors (Lipinski definition) is 0. The van der Waals surface area contributed by atoms with Crippen molar-refractivity contribution in [2.75, 3.05) is 12.0 Å². The van der Waals surface area contributed by atoms with Gasteiger partial charge in [-0.15, -0.1) is 0 Å². The van der Waals surface area contributed by atoms with Crippen molar-refractivity contribution < 1.29 is 14.3 Å². The fourth-order valence-electron chi connectivity index (χ4n) is 3.42. The number of ether oxygens (including phenoxy) is 2. The number of carbonyl (C=O) groups excluding carboxylic acids is 1. The first kappa shape index (κ1) is 23.0. The van der Waals surface area contributed by atoms with Gasteiger partial charge in [-0.1, -0.05) is 35.1 Å². The van der Waals surface area contributed by atoms with Crippen LogP contribution in [0.15, 0.2) is 60.8 Å². The zero-order valence-corrected chi connectivity index (χ0v) is 20.4. The molecular formula is C25H24ClN3O3S.